The van der Waals surface area contributed by atoms with Gasteiger partial charge in [-0.25, -0.2) is 4.98 Å². The minimum atomic E-state index is 0.784. The van der Waals surface area contributed by atoms with Gasteiger partial charge in [-0.1, -0.05) is 24.3 Å². The monoisotopic (exact) mass is 290 g/mol. The van der Waals surface area contributed by atoms with Gasteiger partial charge in [-0.05, 0) is 26.5 Å². The van der Waals surface area contributed by atoms with Crippen molar-refractivity contribution in [2.45, 2.75) is 20.4 Å². The Bertz CT molecular complexity index is 539. The summed E-state index contributed by atoms with van der Waals surface area (Å²) in [6, 6.07) is 8.40. The van der Waals surface area contributed by atoms with E-state index >= 15 is 0 Å². The fourth-order valence-electron chi connectivity index (χ4n) is 2.03. The second-order valence-corrected chi connectivity index (χ2v) is 6.00. The second-order valence-electron chi connectivity index (χ2n) is 4.88. The zero-order chi connectivity index (χ0) is 14.4. The first-order chi connectivity index (χ1) is 9.70. The summed E-state index contributed by atoms with van der Waals surface area (Å²) in [4.78, 5) is 8.12. The molecule has 0 aliphatic heterocycles. The number of ether oxygens (including phenoxy) is 1. The molecule has 0 amide bonds. The number of nitrogens with zero attached hydrogens (tertiary/aromatic N) is 2. The van der Waals surface area contributed by atoms with Crippen molar-refractivity contribution in [3.63, 3.8) is 0 Å². The van der Waals surface area contributed by atoms with E-state index in [1.807, 2.05) is 13.1 Å². The number of thiazole rings is 1. The van der Waals surface area contributed by atoms with Crippen molar-refractivity contribution in [2.24, 2.45) is 0 Å². The molecule has 0 saturated carbocycles. The van der Waals surface area contributed by atoms with Gasteiger partial charge in [0.05, 0.1) is 6.61 Å². The Morgan fingerprint density at radius 3 is 2.85 bits per heavy atom. The smallest absolute Gasteiger partial charge is 0.123 e. The number of aryl methyl sites for hydroxylation is 1. The van der Waals surface area contributed by atoms with Gasteiger partial charge in [0, 0.05) is 36.3 Å². The maximum absolute atomic E-state index is 5.38. The summed E-state index contributed by atoms with van der Waals surface area (Å²) in [5, 5.41) is 1.11. The molecule has 0 bridgehead atoms. The van der Waals surface area contributed by atoms with E-state index in [0.29, 0.717) is 0 Å². The Balaban J connectivity index is 1.97. The fraction of sp³-hybridized carbons (Fsp3) is 0.438. The molecule has 2 rings (SSSR count). The zero-order valence-corrected chi connectivity index (χ0v) is 13.2. The van der Waals surface area contributed by atoms with Crippen molar-refractivity contribution in [1.82, 2.24) is 9.88 Å². The van der Waals surface area contributed by atoms with Crippen LogP contribution >= 0.6 is 11.3 Å². The number of likely N-dealkylation sites (N-methyl/N-ethyl adjacent to an activating group) is 1. The molecule has 0 radical (unpaired) electrons. The highest BCUT2D eigenvalue weighted by Gasteiger charge is 2.08. The van der Waals surface area contributed by atoms with E-state index in [2.05, 4.69) is 48.1 Å². The SMILES string of the molecule is CCOCCN(C)Cc1cnc(-c2ccccc2C)s1. The Morgan fingerprint density at radius 2 is 2.10 bits per heavy atom. The van der Waals surface area contributed by atoms with Gasteiger partial charge in [-0.15, -0.1) is 11.3 Å². The average Bonchev–Trinajstić information content (AvgIpc) is 2.88. The standard InChI is InChI=1S/C16H22N2OS/c1-4-19-10-9-18(3)12-14-11-17-16(20-14)15-8-6-5-7-13(15)2/h5-8,11H,4,9-10,12H2,1-3H3. The average molecular weight is 290 g/mol. The topological polar surface area (TPSA) is 25.4 Å². The molecule has 1 aromatic heterocycles. The van der Waals surface area contributed by atoms with E-state index < -0.39 is 0 Å². The number of hydrogen-bond donors (Lipinski definition) is 0. The van der Waals surface area contributed by atoms with Gasteiger partial charge in [-0.2, -0.15) is 0 Å². The summed E-state index contributed by atoms with van der Waals surface area (Å²) in [7, 11) is 2.12. The first kappa shape index (κ1) is 15.2. The third-order valence-corrected chi connectivity index (χ3v) is 4.19. The lowest BCUT2D eigenvalue weighted by atomic mass is 10.1. The van der Waals surface area contributed by atoms with Gasteiger partial charge in [0.1, 0.15) is 5.01 Å². The van der Waals surface area contributed by atoms with E-state index in [1.165, 1.54) is 16.0 Å². The largest absolute Gasteiger partial charge is 0.380 e. The Labute approximate surface area is 125 Å². The van der Waals surface area contributed by atoms with Gasteiger partial charge in [0.25, 0.3) is 0 Å². The third kappa shape index (κ3) is 4.13. The molecule has 20 heavy (non-hydrogen) atoms. The van der Waals surface area contributed by atoms with Crippen LogP contribution in [0.5, 0.6) is 0 Å². The van der Waals surface area contributed by atoms with Crippen LogP contribution in [0.25, 0.3) is 10.6 Å². The highest BCUT2D eigenvalue weighted by atomic mass is 32.1. The molecule has 0 N–H and O–H groups in total. The first-order valence-electron chi connectivity index (χ1n) is 6.97. The molecule has 1 heterocycles. The van der Waals surface area contributed by atoms with Crippen molar-refractivity contribution in [3.8, 4) is 10.6 Å². The van der Waals surface area contributed by atoms with Gasteiger partial charge in [0.2, 0.25) is 0 Å². The molecule has 0 atom stereocenters. The molecule has 0 spiro atoms. The van der Waals surface area contributed by atoms with Crippen LogP contribution in [0.3, 0.4) is 0 Å². The van der Waals surface area contributed by atoms with E-state index in [4.69, 9.17) is 4.74 Å². The molecule has 108 valence electrons. The molecule has 1 aromatic carbocycles. The van der Waals surface area contributed by atoms with Crippen LogP contribution in [0.15, 0.2) is 30.5 Å². The van der Waals surface area contributed by atoms with Crippen molar-refractivity contribution in [2.75, 3.05) is 26.8 Å². The minimum absolute atomic E-state index is 0.784. The lowest BCUT2D eigenvalue weighted by Gasteiger charge is -2.14. The van der Waals surface area contributed by atoms with Crippen LogP contribution < -0.4 is 0 Å². The summed E-state index contributed by atoms with van der Waals surface area (Å²) in [6.45, 7) is 7.60. The minimum Gasteiger partial charge on any atom is -0.380 e. The van der Waals surface area contributed by atoms with Gasteiger partial charge in [0.15, 0.2) is 0 Å². The summed E-state index contributed by atoms with van der Waals surface area (Å²) >= 11 is 1.77. The molecular formula is C16H22N2OS. The van der Waals surface area contributed by atoms with Crippen LogP contribution in [0, 0.1) is 6.92 Å². The third-order valence-electron chi connectivity index (χ3n) is 3.18. The second kappa shape index (κ2) is 7.53. The Morgan fingerprint density at radius 1 is 1.30 bits per heavy atom. The molecule has 3 nitrogen and oxygen atoms in total. The summed E-state index contributed by atoms with van der Waals surface area (Å²) in [5.74, 6) is 0. The molecule has 4 heteroatoms. The van der Waals surface area contributed by atoms with Crippen molar-refractivity contribution < 1.29 is 4.74 Å². The summed E-state index contributed by atoms with van der Waals surface area (Å²) in [5.41, 5.74) is 2.51. The highest BCUT2D eigenvalue weighted by Crippen LogP contribution is 2.28. The Kier molecular flexibility index (Phi) is 5.71. The van der Waals surface area contributed by atoms with Crippen LogP contribution in [0.1, 0.15) is 17.4 Å². The van der Waals surface area contributed by atoms with Gasteiger partial charge >= 0.3 is 0 Å². The van der Waals surface area contributed by atoms with Gasteiger partial charge < -0.3 is 4.74 Å². The summed E-state index contributed by atoms with van der Waals surface area (Å²) in [6.07, 6.45) is 1.99. The number of benzene rings is 1. The number of aromatic nitrogens is 1. The number of hydrogen-bond acceptors (Lipinski definition) is 4. The summed E-state index contributed by atoms with van der Waals surface area (Å²) < 4.78 is 5.38. The van der Waals surface area contributed by atoms with Crippen LogP contribution in [-0.4, -0.2) is 36.7 Å². The highest BCUT2D eigenvalue weighted by molar-refractivity contribution is 7.15. The maximum atomic E-state index is 5.38. The van der Waals surface area contributed by atoms with E-state index in [9.17, 15) is 0 Å². The van der Waals surface area contributed by atoms with Gasteiger partial charge in [-0.3, -0.25) is 4.90 Å². The molecule has 0 unspecified atom stereocenters. The predicted octanol–water partition coefficient (Wildman–Crippen LogP) is 3.59. The molecule has 0 aliphatic carbocycles. The van der Waals surface area contributed by atoms with Crippen LogP contribution in [-0.2, 0) is 11.3 Å². The molecule has 0 fully saturated rings. The maximum Gasteiger partial charge on any atom is 0.123 e. The van der Waals surface area contributed by atoms with Crippen molar-refractivity contribution in [1.29, 1.82) is 0 Å². The van der Waals surface area contributed by atoms with Crippen LogP contribution in [0.4, 0.5) is 0 Å². The molecule has 0 saturated heterocycles. The van der Waals surface area contributed by atoms with Crippen molar-refractivity contribution >= 4 is 11.3 Å². The normalized spacial score (nSPS) is 11.2. The quantitative estimate of drug-likeness (QED) is 0.729. The molecule has 0 aliphatic rings. The van der Waals surface area contributed by atoms with E-state index in [1.54, 1.807) is 11.3 Å². The first-order valence-corrected chi connectivity index (χ1v) is 7.79. The van der Waals surface area contributed by atoms with E-state index in [0.717, 1.165) is 31.3 Å². The van der Waals surface area contributed by atoms with E-state index in [-0.39, 0.29) is 0 Å². The number of rotatable bonds is 7. The lowest BCUT2D eigenvalue weighted by molar-refractivity contribution is 0.120. The van der Waals surface area contributed by atoms with Crippen molar-refractivity contribution in [3.05, 3.63) is 40.9 Å². The zero-order valence-electron chi connectivity index (χ0n) is 12.4. The predicted molar refractivity (Wildman–Crippen MR) is 85.1 cm³/mol. The fourth-order valence-corrected chi connectivity index (χ4v) is 3.11. The van der Waals surface area contributed by atoms with Crippen LogP contribution in [0.2, 0.25) is 0 Å². The molecule has 2 aromatic rings. The molecular weight excluding hydrogens is 268 g/mol. The lowest BCUT2D eigenvalue weighted by Crippen LogP contribution is -2.22. The Hall–Kier alpha value is -1.23.